The Morgan fingerprint density at radius 3 is 2.30 bits per heavy atom. The fraction of sp³-hybridized carbons (Fsp3) is 0.696. The first-order valence-electron chi connectivity index (χ1n) is 11.7. The lowest BCUT2D eigenvalue weighted by Crippen LogP contribution is -2.36. The molecule has 9 nitrogen and oxygen atoms in total. The molecule has 1 N–H and O–H groups in total. The third kappa shape index (κ3) is 7.40. The molecule has 1 saturated carbocycles. The third-order valence-corrected chi connectivity index (χ3v) is 6.91. The summed E-state index contributed by atoms with van der Waals surface area (Å²) in [5.74, 6) is 1.74. The Morgan fingerprint density at radius 1 is 1.09 bits per heavy atom. The zero-order valence-corrected chi connectivity index (χ0v) is 20.8. The van der Waals surface area contributed by atoms with Crippen molar-refractivity contribution in [1.82, 2.24) is 15.1 Å². The normalized spacial score (nSPS) is 18.2. The van der Waals surface area contributed by atoms with Gasteiger partial charge in [0.1, 0.15) is 5.75 Å². The van der Waals surface area contributed by atoms with Crippen molar-refractivity contribution < 1.29 is 22.8 Å². The quantitative estimate of drug-likeness (QED) is 0.684. The summed E-state index contributed by atoms with van der Waals surface area (Å²) in [5, 5.41) is 13.4. The summed E-state index contributed by atoms with van der Waals surface area (Å²) in [6.07, 6.45) is 8.65. The standard InChI is InChI=1S/C13H19NO3S.C10H17N3O2/c1-10-12(17-11-6-4-3-5-7-11)8-9-13(14-10)18(2,15)16;1-7(2)9-11-10(15-12-9)13-5-3-8(14)4-6-13/h8-9,11H,3-7H2,1-2H3;7-8,14H,3-6H2,1-2H3. The van der Waals surface area contributed by atoms with Gasteiger partial charge in [0.05, 0.1) is 17.9 Å². The first-order chi connectivity index (χ1) is 15.6. The number of aryl methyl sites for hydroxylation is 1. The van der Waals surface area contributed by atoms with E-state index in [9.17, 15) is 13.5 Å². The summed E-state index contributed by atoms with van der Waals surface area (Å²) in [7, 11) is -3.24. The van der Waals surface area contributed by atoms with Crippen LogP contribution < -0.4 is 9.64 Å². The monoisotopic (exact) mass is 480 g/mol. The first-order valence-corrected chi connectivity index (χ1v) is 13.6. The van der Waals surface area contributed by atoms with Crippen molar-refractivity contribution in [2.75, 3.05) is 24.2 Å². The molecule has 33 heavy (non-hydrogen) atoms. The molecule has 0 atom stereocenters. The van der Waals surface area contributed by atoms with E-state index in [0.717, 1.165) is 50.9 Å². The van der Waals surface area contributed by atoms with E-state index in [1.807, 2.05) is 18.7 Å². The molecule has 4 rings (SSSR count). The summed E-state index contributed by atoms with van der Waals surface area (Å²) < 4.78 is 33.8. The highest BCUT2D eigenvalue weighted by Crippen LogP contribution is 2.26. The molecule has 0 spiro atoms. The number of rotatable bonds is 5. The molecule has 2 fully saturated rings. The molecule has 0 radical (unpaired) electrons. The highest BCUT2D eigenvalue weighted by Gasteiger charge is 2.22. The van der Waals surface area contributed by atoms with Crippen LogP contribution in [-0.2, 0) is 9.84 Å². The zero-order valence-electron chi connectivity index (χ0n) is 20.0. The number of hydrogen-bond acceptors (Lipinski definition) is 9. The van der Waals surface area contributed by atoms with Gasteiger partial charge in [-0.1, -0.05) is 25.4 Å². The van der Waals surface area contributed by atoms with Gasteiger partial charge in [-0.3, -0.25) is 0 Å². The summed E-state index contributed by atoms with van der Waals surface area (Å²) in [4.78, 5) is 10.5. The largest absolute Gasteiger partial charge is 0.489 e. The van der Waals surface area contributed by atoms with Gasteiger partial charge >= 0.3 is 6.01 Å². The molecule has 184 valence electrons. The van der Waals surface area contributed by atoms with Gasteiger partial charge in [0.15, 0.2) is 20.7 Å². The molecule has 1 saturated heterocycles. The number of hydrogen-bond donors (Lipinski definition) is 1. The minimum absolute atomic E-state index is 0.107. The van der Waals surface area contributed by atoms with Crippen LogP contribution >= 0.6 is 0 Å². The lowest BCUT2D eigenvalue weighted by molar-refractivity contribution is 0.143. The minimum Gasteiger partial charge on any atom is -0.489 e. The summed E-state index contributed by atoms with van der Waals surface area (Å²) >= 11 is 0. The number of sulfone groups is 1. The van der Waals surface area contributed by atoms with Crippen LogP contribution in [0.4, 0.5) is 6.01 Å². The topological polar surface area (TPSA) is 119 Å². The molecular weight excluding hydrogens is 444 g/mol. The fourth-order valence-electron chi connectivity index (χ4n) is 3.87. The Hall–Kier alpha value is -2.20. The van der Waals surface area contributed by atoms with E-state index in [1.165, 1.54) is 25.3 Å². The van der Waals surface area contributed by atoms with Gasteiger partial charge in [-0.2, -0.15) is 4.98 Å². The average Bonchev–Trinajstić information content (AvgIpc) is 3.27. The molecule has 2 aliphatic rings. The molecule has 0 amide bonds. The van der Waals surface area contributed by atoms with Crippen LogP contribution in [0.15, 0.2) is 21.7 Å². The molecular formula is C23H36N4O5S. The van der Waals surface area contributed by atoms with E-state index < -0.39 is 9.84 Å². The van der Waals surface area contributed by atoms with Crippen LogP contribution in [0.2, 0.25) is 0 Å². The average molecular weight is 481 g/mol. The van der Waals surface area contributed by atoms with Crippen molar-refractivity contribution in [3.8, 4) is 5.75 Å². The molecule has 1 aliphatic carbocycles. The van der Waals surface area contributed by atoms with Crippen LogP contribution in [0.25, 0.3) is 0 Å². The molecule has 1 aliphatic heterocycles. The molecule has 0 unspecified atom stereocenters. The predicted octanol–water partition coefficient (Wildman–Crippen LogP) is 3.66. The smallest absolute Gasteiger partial charge is 0.324 e. The lowest BCUT2D eigenvalue weighted by atomic mass is 9.98. The number of aliphatic hydroxyl groups is 1. The van der Waals surface area contributed by atoms with Crippen LogP contribution in [0.3, 0.4) is 0 Å². The minimum atomic E-state index is -3.24. The second-order valence-electron chi connectivity index (χ2n) is 9.19. The number of anilines is 1. The van der Waals surface area contributed by atoms with E-state index in [2.05, 4.69) is 15.1 Å². The van der Waals surface area contributed by atoms with Gasteiger partial charge in [-0.15, -0.1) is 0 Å². The van der Waals surface area contributed by atoms with Crippen LogP contribution in [-0.4, -0.2) is 60.2 Å². The van der Waals surface area contributed by atoms with Crippen molar-refractivity contribution in [3.05, 3.63) is 23.7 Å². The van der Waals surface area contributed by atoms with Crippen molar-refractivity contribution in [1.29, 1.82) is 0 Å². The van der Waals surface area contributed by atoms with Gasteiger partial charge in [0.2, 0.25) is 0 Å². The fourth-order valence-corrected chi connectivity index (χ4v) is 4.48. The Morgan fingerprint density at radius 2 is 1.76 bits per heavy atom. The molecule has 10 heteroatoms. The maximum atomic E-state index is 11.4. The van der Waals surface area contributed by atoms with Gasteiger partial charge in [0.25, 0.3) is 0 Å². The van der Waals surface area contributed by atoms with Gasteiger partial charge in [-0.05, 0) is 57.6 Å². The molecule has 2 aromatic rings. The second-order valence-corrected chi connectivity index (χ2v) is 11.2. The zero-order chi connectivity index (χ0) is 24.0. The maximum Gasteiger partial charge on any atom is 0.324 e. The van der Waals surface area contributed by atoms with E-state index in [4.69, 9.17) is 9.26 Å². The third-order valence-electron chi connectivity index (χ3n) is 5.92. The number of piperidine rings is 1. The summed E-state index contributed by atoms with van der Waals surface area (Å²) in [6.45, 7) is 7.44. The molecule has 2 aromatic heterocycles. The molecule has 0 aromatic carbocycles. The first kappa shape index (κ1) is 25.4. The maximum absolute atomic E-state index is 11.4. The number of ether oxygens (including phenoxy) is 1. The van der Waals surface area contributed by atoms with E-state index in [1.54, 1.807) is 13.0 Å². The highest BCUT2D eigenvalue weighted by atomic mass is 32.2. The van der Waals surface area contributed by atoms with Crippen LogP contribution in [0.5, 0.6) is 5.75 Å². The van der Waals surface area contributed by atoms with Crippen LogP contribution in [0, 0.1) is 6.92 Å². The Bertz CT molecular complexity index is 994. The highest BCUT2D eigenvalue weighted by molar-refractivity contribution is 7.90. The SMILES string of the molecule is CC(C)c1noc(N2CCC(O)CC2)n1.Cc1nc(S(C)(=O)=O)ccc1OC1CCCCC1. The molecule has 3 heterocycles. The number of aromatic nitrogens is 3. The Labute approximate surface area is 196 Å². The summed E-state index contributed by atoms with van der Waals surface area (Å²) in [5.41, 5.74) is 0.642. The van der Waals surface area contributed by atoms with Crippen LogP contribution in [0.1, 0.15) is 76.2 Å². The van der Waals surface area contributed by atoms with Gasteiger partial charge in [0, 0.05) is 25.3 Å². The van der Waals surface area contributed by atoms with E-state index in [-0.39, 0.29) is 23.2 Å². The number of aliphatic hydroxyl groups excluding tert-OH is 1. The van der Waals surface area contributed by atoms with E-state index >= 15 is 0 Å². The van der Waals surface area contributed by atoms with Crippen molar-refractivity contribution >= 4 is 15.9 Å². The van der Waals surface area contributed by atoms with Crippen molar-refractivity contribution in [2.24, 2.45) is 0 Å². The number of pyridine rings is 1. The summed E-state index contributed by atoms with van der Waals surface area (Å²) in [6, 6.07) is 3.82. The van der Waals surface area contributed by atoms with Crippen molar-refractivity contribution in [3.63, 3.8) is 0 Å². The second kappa shape index (κ2) is 11.3. The Kier molecular flexibility index (Phi) is 8.69. The lowest BCUT2D eigenvalue weighted by Gasteiger charge is -2.27. The predicted molar refractivity (Wildman–Crippen MR) is 125 cm³/mol. The van der Waals surface area contributed by atoms with E-state index in [0.29, 0.717) is 17.5 Å². The van der Waals surface area contributed by atoms with Crippen molar-refractivity contribution in [2.45, 2.75) is 88.9 Å². The number of nitrogens with zero attached hydrogens (tertiary/aromatic N) is 4. The molecule has 0 bridgehead atoms. The van der Waals surface area contributed by atoms with Gasteiger partial charge < -0.3 is 19.3 Å². The Balaban J connectivity index is 0.000000189. The van der Waals surface area contributed by atoms with Gasteiger partial charge in [-0.25, -0.2) is 13.4 Å².